The third-order valence-corrected chi connectivity index (χ3v) is 2.64. The van der Waals surface area contributed by atoms with Crippen LogP contribution >= 0.6 is 15.9 Å². The summed E-state index contributed by atoms with van der Waals surface area (Å²) in [6.45, 7) is 6.85. The molecule has 76 valence electrons. The van der Waals surface area contributed by atoms with E-state index >= 15 is 0 Å². The Morgan fingerprint density at radius 1 is 1.57 bits per heavy atom. The summed E-state index contributed by atoms with van der Waals surface area (Å²) in [4.78, 5) is 0. The monoisotopic (exact) mass is 253 g/mol. The van der Waals surface area contributed by atoms with Crippen molar-refractivity contribution >= 4 is 15.9 Å². The molecule has 0 aliphatic heterocycles. The molecule has 0 radical (unpaired) electrons. The lowest BCUT2D eigenvalue weighted by molar-refractivity contribution is 0.581. The summed E-state index contributed by atoms with van der Waals surface area (Å²) in [5, 5.41) is 3.43. The average molecular weight is 254 g/mol. The van der Waals surface area contributed by atoms with Gasteiger partial charge in [-0.05, 0) is 37.6 Å². The van der Waals surface area contributed by atoms with Crippen LogP contribution in [0.1, 0.15) is 24.9 Å². The van der Waals surface area contributed by atoms with Gasteiger partial charge in [0.1, 0.15) is 0 Å². The van der Waals surface area contributed by atoms with Crippen LogP contribution in [0, 0.1) is 0 Å². The van der Waals surface area contributed by atoms with Gasteiger partial charge in [-0.1, -0.05) is 34.1 Å². The van der Waals surface area contributed by atoms with E-state index < -0.39 is 0 Å². The van der Waals surface area contributed by atoms with E-state index in [0.29, 0.717) is 6.04 Å². The first-order chi connectivity index (χ1) is 6.74. The average Bonchev–Trinajstić information content (AvgIpc) is 2.18. The van der Waals surface area contributed by atoms with E-state index in [1.165, 1.54) is 5.56 Å². The molecule has 0 fully saturated rings. The van der Waals surface area contributed by atoms with Crippen molar-refractivity contribution in [3.63, 3.8) is 0 Å². The van der Waals surface area contributed by atoms with Crippen molar-refractivity contribution in [2.24, 2.45) is 0 Å². The quantitative estimate of drug-likeness (QED) is 0.624. The first-order valence-corrected chi connectivity index (χ1v) is 5.63. The molecule has 2 heteroatoms. The number of benzene rings is 1. The zero-order valence-corrected chi connectivity index (χ0v) is 10.0. The second-order valence-corrected chi connectivity index (χ2v) is 4.22. The molecule has 0 amide bonds. The van der Waals surface area contributed by atoms with Crippen molar-refractivity contribution in [3.8, 4) is 0 Å². The van der Waals surface area contributed by atoms with Gasteiger partial charge in [0.25, 0.3) is 0 Å². The second-order valence-electron chi connectivity index (χ2n) is 3.31. The highest BCUT2D eigenvalue weighted by atomic mass is 79.9. The Kier molecular flexibility index (Phi) is 4.91. The molecule has 14 heavy (non-hydrogen) atoms. The Labute approximate surface area is 94.3 Å². The first kappa shape index (κ1) is 11.5. The van der Waals surface area contributed by atoms with Gasteiger partial charge in [0, 0.05) is 10.5 Å². The maximum absolute atomic E-state index is 3.70. The van der Waals surface area contributed by atoms with Crippen LogP contribution in [0.5, 0.6) is 0 Å². The minimum atomic E-state index is 0.396. The highest BCUT2D eigenvalue weighted by molar-refractivity contribution is 9.10. The van der Waals surface area contributed by atoms with Crippen LogP contribution in [0.25, 0.3) is 0 Å². The molecule has 0 aromatic heterocycles. The number of halogens is 1. The smallest absolute Gasteiger partial charge is 0.0292 e. The van der Waals surface area contributed by atoms with Gasteiger partial charge in [-0.15, -0.1) is 6.58 Å². The van der Waals surface area contributed by atoms with Crippen molar-refractivity contribution in [2.45, 2.75) is 19.4 Å². The van der Waals surface area contributed by atoms with Crippen molar-refractivity contribution < 1.29 is 0 Å². The Balaban J connectivity index is 2.51. The summed E-state index contributed by atoms with van der Waals surface area (Å²) < 4.78 is 1.13. The first-order valence-electron chi connectivity index (χ1n) is 4.84. The standard InChI is InChI=1S/C12H16BrN/c1-3-4-8-14-10(2)11-6-5-7-12(13)9-11/h3,5-7,9-10,14H,1,4,8H2,2H3/t10-/m0/s1. The highest BCUT2D eigenvalue weighted by Crippen LogP contribution is 2.17. The van der Waals surface area contributed by atoms with E-state index in [-0.39, 0.29) is 0 Å². The Morgan fingerprint density at radius 2 is 2.36 bits per heavy atom. The molecular weight excluding hydrogens is 238 g/mol. The topological polar surface area (TPSA) is 12.0 Å². The maximum Gasteiger partial charge on any atom is 0.0292 e. The molecule has 0 heterocycles. The fourth-order valence-electron chi connectivity index (χ4n) is 1.30. The number of nitrogens with one attached hydrogen (secondary N) is 1. The molecule has 0 aliphatic carbocycles. The summed E-state index contributed by atoms with van der Waals surface area (Å²) in [5.41, 5.74) is 1.31. The van der Waals surface area contributed by atoms with Gasteiger partial charge < -0.3 is 5.32 Å². The van der Waals surface area contributed by atoms with Gasteiger partial charge >= 0.3 is 0 Å². The number of rotatable bonds is 5. The molecule has 1 rings (SSSR count). The third-order valence-electron chi connectivity index (χ3n) is 2.15. The Hall–Kier alpha value is -0.600. The molecule has 0 saturated heterocycles. The summed E-state index contributed by atoms with van der Waals surface area (Å²) in [5.74, 6) is 0. The largest absolute Gasteiger partial charge is 0.310 e. The lowest BCUT2D eigenvalue weighted by Gasteiger charge is -2.13. The lowest BCUT2D eigenvalue weighted by Crippen LogP contribution is -2.19. The predicted molar refractivity (Wildman–Crippen MR) is 65.4 cm³/mol. The van der Waals surface area contributed by atoms with Crippen molar-refractivity contribution in [1.29, 1.82) is 0 Å². The van der Waals surface area contributed by atoms with Crippen LogP contribution in [0.4, 0.5) is 0 Å². The molecule has 0 unspecified atom stereocenters. The molecule has 1 N–H and O–H groups in total. The molecule has 0 aliphatic rings. The fourth-order valence-corrected chi connectivity index (χ4v) is 1.71. The molecule has 0 saturated carbocycles. The van der Waals surface area contributed by atoms with Crippen LogP contribution in [-0.2, 0) is 0 Å². The summed E-state index contributed by atoms with van der Waals surface area (Å²) in [6, 6.07) is 8.78. The molecule has 1 nitrogen and oxygen atoms in total. The third kappa shape index (κ3) is 3.64. The summed E-state index contributed by atoms with van der Waals surface area (Å²) >= 11 is 3.47. The van der Waals surface area contributed by atoms with E-state index in [9.17, 15) is 0 Å². The van der Waals surface area contributed by atoms with E-state index in [1.807, 2.05) is 12.1 Å². The van der Waals surface area contributed by atoms with E-state index in [0.717, 1.165) is 17.4 Å². The maximum atomic E-state index is 3.70. The van der Waals surface area contributed by atoms with Crippen LogP contribution in [0.2, 0.25) is 0 Å². The molecule has 0 spiro atoms. The second kappa shape index (κ2) is 5.99. The molecule has 0 bridgehead atoms. The van der Waals surface area contributed by atoms with Gasteiger partial charge in [0.05, 0.1) is 0 Å². The zero-order chi connectivity index (χ0) is 10.4. The van der Waals surface area contributed by atoms with Gasteiger partial charge in [-0.2, -0.15) is 0 Å². The van der Waals surface area contributed by atoms with E-state index in [2.05, 4.69) is 52.9 Å². The minimum Gasteiger partial charge on any atom is -0.310 e. The fraction of sp³-hybridized carbons (Fsp3) is 0.333. The zero-order valence-electron chi connectivity index (χ0n) is 8.46. The number of hydrogen-bond donors (Lipinski definition) is 1. The molecule has 1 aromatic carbocycles. The summed E-state index contributed by atoms with van der Waals surface area (Å²) in [7, 11) is 0. The van der Waals surface area contributed by atoms with Crippen LogP contribution in [0.15, 0.2) is 41.4 Å². The van der Waals surface area contributed by atoms with Crippen molar-refractivity contribution in [2.75, 3.05) is 6.54 Å². The van der Waals surface area contributed by atoms with E-state index in [4.69, 9.17) is 0 Å². The van der Waals surface area contributed by atoms with Gasteiger partial charge in [0.15, 0.2) is 0 Å². The Morgan fingerprint density at radius 3 is 3.00 bits per heavy atom. The summed E-state index contributed by atoms with van der Waals surface area (Å²) in [6.07, 6.45) is 2.94. The van der Waals surface area contributed by atoms with Crippen LogP contribution < -0.4 is 5.32 Å². The number of hydrogen-bond acceptors (Lipinski definition) is 1. The van der Waals surface area contributed by atoms with Crippen LogP contribution in [-0.4, -0.2) is 6.54 Å². The Bertz CT molecular complexity index is 296. The normalized spacial score (nSPS) is 12.4. The predicted octanol–water partition coefficient (Wildman–Crippen LogP) is 3.68. The van der Waals surface area contributed by atoms with Crippen molar-refractivity contribution in [1.82, 2.24) is 5.32 Å². The SMILES string of the molecule is C=CCCN[C@@H](C)c1cccc(Br)c1. The van der Waals surface area contributed by atoms with Gasteiger partial charge in [0.2, 0.25) is 0 Å². The van der Waals surface area contributed by atoms with Crippen molar-refractivity contribution in [3.05, 3.63) is 47.0 Å². The van der Waals surface area contributed by atoms with Gasteiger partial charge in [-0.25, -0.2) is 0 Å². The minimum absolute atomic E-state index is 0.396. The molecular formula is C12H16BrN. The lowest BCUT2D eigenvalue weighted by atomic mass is 10.1. The highest BCUT2D eigenvalue weighted by Gasteiger charge is 2.03. The van der Waals surface area contributed by atoms with E-state index in [1.54, 1.807) is 0 Å². The molecule has 1 atom stereocenters. The van der Waals surface area contributed by atoms with Gasteiger partial charge in [-0.3, -0.25) is 0 Å². The van der Waals surface area contributed by atoms with Crippen LogP contribution in [0.3, 0.4) is 0 Å². The molecule has 1 aromatic rings.